The SMILES string of the molecule is CN(C)CCCn1c(NC(=O)c2ccc(Cl)cc2)nc2ccccc21. The molecule has 0 fully saturated rings. The first-order valence-electron chi connectivity index (χ1n) is 8.21. The van der Waals surface area contributed by atoms with Gasteiger partial charge in [0.2, 0.25) is 5.95 Å². The summed E-state index contributed by atoms with van der Waals surface area (Å²) in [6.07, 6.45) is 0.969. The Labute approximate surface area is 152 Å². The van der Waals surface area contributed by atoms with Gasteiger partial charge >= 0.3 is 0 Å². The zero-order valence-corrected chi connectivity index (χ0v) is 15.1. The van der Waals surface area contributed by atoms with Gasteiger partial charge in [0.05, 0.1) is 11.0 Å². The van der Waals surface area contributed by atoms with Crippen molar-refractivity contribution in [3.05, 3.63) is 59.1 Å². The lowest BCUT2D eigenvalue weighted by atomic mass is 10.2. The van der Waals surface area contributed by atoms with Gasteiger partial charge < -0.3 is 9.47 Å². The number of benzene rings is 2. The summed E-state index contributed by atoms with van der Waals surface area (Å²) in [5.41, 5.74) is 2.45. The molecule has 130 valence electrons. The Hall–Kier alpha value is -2.37. The summed E-state index contributed by atoms with van der Waals surface area (Å²) in [6.45, 7) is 1.76. The van der Waals surface area contributed by atoms with E-state index in [0.29, 0.717) is 16.5 Å². The average molecular weight is 357 g/mol. The van der Waals surface area contributed by atoms with Gasteiger partial charge in [0.15, 0.2) is 0 Å². The molecular weight excluding hydrogens is 336 g/mol. The molecule has 0 radical (unpaired) electrons. The van der Waals surface area contributed by atoms with Crippen molar-refractivity contribution in [2.75, 3.05) is 26.0 Å². The number of rotatable bonds is 6. The molecule has 0 atom stereocenters. The van der Waals surface area contributed by atoms with Crippen molar-refractivity contribution < 1.29 is 4.79 Å². The van der Waals surface area contributed by atoms with Gasteiger partial charge in [-0.3, -0.25) is 10.1 Å². The third kappa shape index (κ3) is 4.18. The van der Waals surface area contributed by atoms with Crippen LogP contribution in [0, 0.1) is 0 Å². The van der Waals surface area contributed by atoms with Crippen molar-refractivity contribution in [3.63, 3.8) is 0 Å². The molecule has 3 aromatic rings. The lowest BCUT2D eigenvalue weighted by Gasteiger charge is -2.13. The molecule has 1 amide bonds. The normalized spacial score (nSPS) is 11.2. The van der Waals surface area contributed by atoms with E-state index in [1.807, 2.05) is 24.3 Å². The lowest BCUT2D eigenvalue weighted by Crippen LogP contribution is -2.18. The largest absolute Gasteiger partial charge is 0.310 e. The Kier molecular flexibility index (Phi) is 5.36. The number of amides is 1. The number of aromatic nitrogens is 2. The highest BCUT2D eigenvalue weighted by molar-refractivity contribution is 6.30. The number of carbonyl (C=O) groups is 1. The number of para-hydroxylation sites is 2. The summed E-state index contributed by atoms with van der Waals surface area (Å²) >= 11 is 5.89. The van der Waals surface area contributed by atoms with Crippen molar-refractivity contribution in [2.24, 2.45) is 0 Å². The minimum Gasteiger partial charge on any atom is -0.310 e. The van der Waals surface area contributed by atoms with E-state index in [1.54, 1.807) is 24.3 Å². The molecule has 1 N–H and O–H groups in total. The van der Waals surface area contributed by atoms with Crippen molar-refractivity contribution in [3.8, 4) is 0 Å². The van der Waals surface area contributed by atoms with Gasteiger partial charge in [0.1, 0.15) is 0 Å². The smallest absolute Gasteiger partial charge is 0.257 e. The highest BCUT2D eigenvalue weighted by Gasteiger charge is 2.14. The first kappa shape index (κ1) is 17.5. The fourth-order valence-corrected chi connectivity index (χ4v) is 2.84. The van der Waals surface area contributed by atoms with E-state index < -0.39 is 0 Å². The minimum absolute atomic E-state index is 0.194. The second-order valence-corrected chi connectivity index (χ2v) is 6.63. The summed E-state index contributed by atoms with van der Waals surface area (Å²) < 4.78 is 2.06. The first-order chi connectivity index (χ1) is 12.0. The maximum Gasteiger partial charge on any atom is 0.257 e. The van der Waals surface area contributed by atoms with E-state index >= 15 is 0 Å². The number of nitrogens with one attached hydrogen (secondary N) is 1. The molecular formula is C19H21ClN4O. The summed E-state index contributed by atoms with van der Waals surface area (Å²) in [5.74, 6) is 0.376. The zero-order chi connectivity index (χ0) is 17.8. The molecule has 25 heavy (non-hydrogen) atoms. The van der Waals surface area contributed by atoms with E-state index in [-0.39, 0.29) is 5.91 Å². The van der Waals surface area contributed by atoms with Crippen LogP contribution in [-0.4, -0.2) is 41.0 Å². The fourth-order valence-electron chi connectivity index (χ4n) is 2.72. The number of hydrogen-bond acceptors (Lipinski definition) is 3. The van der Waals surface area contributed by atoms with E-state index in [4.69, 9.17) is 11.6 Å². The van der Waals surface area contributed by atoms with Crippen molar-refractivity contribution in [1.82, 2.24) is 14.5 Å². The highest BCUT2D eigenvalue weighted by atomic mass is 35.5. The number of nitrogens with zero attached hydrogens (tertiary/aromatic N) is 3. The summed E-state index contributed by atoms with van der Waals surface area (Å²) in [6, 6.07) is 14.7. The Balaban J connectivity index is 1.86. The number of carbonyl (C=O) groups excluding carboxylic acids is 1. The van der Waals surface area contributed by atoms with Crippen LogP contribution >= 0.6 is 11.6 Å². The minimum atomic E-state index is -0.194. The molecule has 1 heterocycles. The molecule has 3 rings (SSSR count). The first-order valence-corrected chi connectivity index (χ1v) is 8.59. The van der Waals surface area contributed by atoms with Crippen molar-refractivity contribution in [2.45, 2.75) is 13.0 Å². The lowest BCUT2D eigenvalue weighted by molar-refractivity contribution is 0.102. The van der Waals surface area contributed by atoms with E-state index in [9.17, 15) is 4.79 Å². The Morgan fingerprint density at radius 3 is 2.60 bits per heavy atom. The van der Waals surface area contributed by atoms with Crippen LogP contribution in [0.2, 0.25) is 5.02 Å². The van der Waals surface area contributed by atoms with Crippen LogP contribution < -0.4 is 5.32 Å². The van der Waals surface area contributed by atoms with E-state index in [0.717, 1.165) is 30.5 Å². The van der Waals surface area contributed by atoms with E-state index in [2.05, 4.69) is 33.9 Å². The van der Waals surface area contributed by atoms with Gasteiger partial charge in [-0.05, 0) is 63.5 Å². The number of aryl methyl sites for hydroxylation is 1. The van der Waals surface area contributed by atoms with Crippen LogP contribution in [-0.2, 0) is 6.54 Å². The summed E-state index contributed by atoms with van der Waals surface area (Å²) in [4.78, 5) is 19.2. The molecule has 0 bridgehead atoms. The molecule has 0 saturated heterocycles. The molecule has 0 aliphatic rings. The molecule has 0 saturated carbocycles. The molecule has 6 heteroatoms. The van der Waals surface area contributed by atoms with Gasteiger partial charge in [0.25, 0.3) is 5.91 Å². The zero-order valence-electron chi connectivity index (χ0n) is 14.4. The van der Waals surface area contributed by atoms with Crippen LogP contribution in [0.25, 0.3) is 11.0 Å². The molecule has 1 aromatic heterocycles. The standard InChI is InChI=1S/C19H21ClN4O/c1-23(2)12-5-13-24-17-7-4-3-6-16(17)21-19(24)22-18(25)14-8-10-15(20)11-9-14/h3-4,6-11H,5,12-13H2,1-2H3,(H,21,22,25). The van der Waals surface area contributed by atoms with Gasteiger partial charge in [-0.1, -0.05) is 23.7 Å². The average Bonchev–Trinajstić information content (AvgIpc) is 2.92. The van der Waals surface area contributed by atoms with Crippen LogP contribution in [0.1, 0.15) is 16.8 Å². The summed E-state index contributed by atoms with van der Waals surface area (Å²) in [5, 5.41) is 3.53. The van der Waals surface area contributed by atoms with Crippen molar-refractivity contribution >= 4 is 34.5 Å². The van der Waals surface area contributed by atoms with Gasteiger partial charge in [-0.25, -0.2) is 4.98 Å². The number of fused-ring (bicyclic) bond motifs is 1. The second-order valence-electron chi connectivity index (χ2n) is 6.19. The van der Waals surface area contributed by atoms with Crippen LogP contribution in [0.15, 0.2) is 48.5 Å². The van der Waals surface area contributed by atoms with Gasteiger partial charge in [0, 0.05) is 17.1 Å². The summed E-state index contributed by atoms with van der Waals surface area (Å²) in [7, 11) is 4.10. The van der Waals surface area contributed by atoms with E-state index in [1.165, 1.54) is 0 Å². The van der Waals surface area contributed by atoms with Gasteiger partial charge in [-0.2, -0.15) is 0 Å². The Bertz CT molecular complexity index is 871. The Morgan fingerprint density at radius 1 is 1.16 bits per heavy atom. The molecule has 0 aliphatic carbocycles. The maximum atomic E-state index is 12.5. The monoisotopic (exact) mass is 356 g/mol. The van der Waals surface area contributed by atoms with Gasteiger partial charge in [-0.15, -0.1) is 0 Å². The van der Waals surface area contributed by atoms with Crippen molar-refractivity contribution in [1.29, 1.82) is 0 Å². The van der Waals surface area contributed by atoms with Crippen LogP contribution in [0.3, 0.4) is 0 Å². The predicted molar refractivity (Wildman–Crippen MR) is 102 cm³/mol. The van der Waals surface area contributed by atoms with Crippen LogP contribution in [0.5, 0.6) is 0 Å². The molecule has 5 nitrogen and oxygen atoms in total. The number of hydrogen-bond donors (Lipinski definition) is 1. The highest BCUT2D eigenvalue weighted by Crippen LogP contribution is 2.21. The molecule has 0 unspecified atom stereocenters. The Morgan fingerprint density at radius 2 is 1.88 bits per heavy atom. The number of imidazole rings is 1. The maximum absolute atomic E-state index is 12.5. The number of halogens is 1. The second kappa shape index (κ2) is 7.68. The molecule has 0 aliphatic heterocycles. The van der Waals surface area contributed by atoms with Crippen LogP contribution in [0.4, 0.5) is 5.95 Å². The molecule has 0 spiro atoms. The third-order valence-electron chi connectivity index (χ3n) is 3.97. The topological polar surface area (TPSA) is 50.2 Å². The molecule has 2 aromatic carbocycles. The quantitative estimate of drug-likeness (QED) is 0.728. The fraction of sp³-hybridized carbons (Fsp3) is 0.263. The third-order valence-corrected chi connectivity index (χ3v) is 4.23. The predicted octanol–water partition coefficient (Wildman–Crippen LogP) is 3.89. The number of anilines is 1.